The summed E-state index contributed by atoms with van der Waals surface area (Å²) in [6.45, 7) is 1.51. The number of hydrogen-bond donors (Lipinski definition) is 1. The fourth-order valence-electron chi connectivity index (χ4n) is 1.50. The standard InChI is InChI=1S/C14H12ClNO2S/c1-10(17)11-2-6-13(7-3-11)16-19(18)14-8-4-12(15)5-9-14/h2-9,16H,1H3. The van der Waals surface area contributed by atoms with Crippen LogP contribution in [0.25, 0.3) is 0 Å². The minimum atomic E-state index is -1.35. The molecule has 1 atom stereocenters. The van der Waals surface area contributed by atoms with Crippen LogP contribution in [0.2, 0.25) is 5.02 Å². The Hall–Kier alpha value is -1.65. The zero-order valence-electron chi connectivity index (χ0n) is 10.2. The summed E-state index contributed by atoms with van der Waals surface area (Å²) < 4.78 is 14.9. The SMILES string of the molecule is CC(=O)c1ccc(NS(=O)c2ccc(Cl)cc2)cc1. The third-order valence-corrected chi connectivity index (χ3v) is 3.90. The molecule has 0 aliphatic heterocycles. The molecule has 0 saturated heterocycles. The molecule has 1 N–H and O–H groups in total. The highest BCUT2D eigenvalue weighted by Crippen LogP contribution is 2.16. The molecule has 2 aromatic carbocycles. The molecular weight excluding hydrogens is 282 g/mol. The number of carbonyl (C=O) groups excluding carboxylic acids is 1. The van der Waals surface area contributed by atoms with Crippen LogP contribution < -0.4 is 4.72 Å². The van der Waals surface area contributed by atoms with Gasteiger partial charge in [0.2, 0.25) is 0 Å². The summed E-state index contributed by atoms with van der Waals surface area (Å²) in [5.41, 5.74) is 1.32. The summed E-state index contributed by atoms with van der Waals surface area (Å²) in [6, 6.07) is 13.6. The third-order valence-electron chi connectivity index (χ3n) is 2.53. The molecule has 5 heteroatoms. The second kappa shape index (κ2) is 5.99. The lowest BCUT2D eigenvalue weighted by atomic mass is 10.1. The first-order chi connectivity index (χ1) is 9.06. The van der Waals surface area contributed by atoms with Gasteiger partial charge in [-0.2, -0.15) is 0 Å². The van der Waals surface area contributed by atoms with Crippen molar-refractivity contribution < 1.29 is 9.00 Å². The molecule has 19 heavy (non-hydrogen) atoms. The molecule has 0 aromatic heterocycles. The Labute approximate surface area is 119 Å². The first kappa shape index (κ1) is 13.8. The molecule has 0 aliphatic carbocycles. The molecule has 0 fully saturated rings. The molecular formula is C14H12ClNO2S. The van der Waals surface area contributed by atoms with Gasteiger partial charge in [0.25, 0.3) is 0 Å². The van der Waals surface area contributed by atoms with Gasteiger partial charge >= 0.3 is 0 Å². The second-order valence-electron chi connectivity index (χ2n) is 3.96. The van der Waals surface area contributed by atoms with E-state index in [1.165, 1.54) is 6.92 Å². The van der Waals surface area contributed by atoms with Crippen molar-refractivity contribution in [1.82, 2.24) is 0 Å². The number of hydrogen-bond acceptors (Lipinski definition) is 2. The van der Waals surface area contributed by atoms with E-state index < -0.39 is 11.0 Å². The lowest BCUT2D eigenvalue weighted by Crippen LogP contribution is -2.04. The molecule has 0 saturated carbocycles. The molecule has 0 heterocycles. The van der Waals surface area contributed by atoms with Crippen LogP contribution in [-0.4, -0.2) is 9.99 Å². The molecule has 2 rings (SSSR count). The molecule has 0 amide bonds. The van der Waals surface area contributed by atoms with Crippen molar-refractivity contribution in [3.05, 3.63) is 59.1 Å². The fraction of sp³-hybridized carbons (Fsp3) is 0.0714. The molecule has 1 unspecified atom stereocenters. The maximum absolute atomic E-state index is 12.0. The van der Waals surface area contributed by atoms with E-state index in [0.29, 0.717) is 21.2 Å². The lowest BCUT2D eigenvalue weighted by molar-refractivity contribution is 0.101. The summed E-state index contributed by atoms with van der Waals surface area (Å²) in [4.78, 5) is 11.8. The zero-order valence-corrected chi connectivity index (χ0v) is 11.8. The Bertz CT molecular complexity index is 608. The smallest absolute Gasteiger partial charge is 0.159 e. The quantitative estimate of drug-likeness (QED) is 0.874. The highest BCUT2D eigenvalue weighted by atomic mass is 35.5. The molecule has 2 aromatic rings. The van der Waals surface area contributed by atoms with Crippen molar-refractivity contribution in [2.45, 2.75) is 11.8 Å². The predicted molar refractivity (Wildman–Crippen MR) is 77.9 cm³/mol. The van der Waals surface area contributed by atoms with Gasteiger partial charge < -0.3 is 4.72 Å². The van der Waals surface area contributed by atoms with Crippen LogP contribution in [0.15, 0.2) is 53.4 Å². The average Bonchev–Trinajstić information content (AvgIpc) is 2.40. The van der Waals surface area contributed by atoms with E-state index in [1.807, 2.05) is 0 Å². The molecule has 0 bridgehead atoms. The summed E-state index contributed by atoms with van der Waals surface area (Å²) >= 11 is 5.77. The Morgan fingerprint density at radius 2 is 1.63 bits per heavy atom. The number of rotatable bonds is 4. The van der Waals surface area contributed by atoms with E-state index in [9.17, 15) is 9.00 Å². The summed E-state index contributed by atoms with van der Waals surface area (Å²) in [5.74, 6) is 0.00498. The van der Waals surface area contributed by atoms with E-state index in [-0.39, 0.29) is 5.78 Å². The van der Waals surface area contributed by atoms with Crippen molar-refractivity contribution in [3.63, 3.8) is 0 Å². The van der Waals surface area contributed by atoms with Gasteiger partial charge in [-0.25, -0.2) is 4.21 Å². The number of halogens is 1. The number of ketones is 1. The number of Topliss-reactive ketones (excluding diaryl/α,β-unsaturated/α-hetero) is 1. The molecule has 98 valence electrons. The topological polar surface area (TPSA) is 46.2 Å². The maximum atomic E-state index is 12.0. The van der Waals surface area contributed by atoms with Gasteiger partial charge in [-0.3, -0.25) is 4.79 Å². The third kappa shape index (κ3) is 3.66. The van der Waals surface area contributed by atoms with E-state index in [1.54, 1.807) is 48.5 Å². The normalized spacial score (nSPS) is 11.9. The van der Waals surface area contributed by atoms with E-state index in [0.717, 1.165) is 0 Å². The lowest BCUT2D eigenvalue weighted by Gasteiger charge is -2.06. The van der Waals surface area contributed by atoms with Crippen LogP contribution in [0.4, 0.5) is 5.69 Å². The van der Waals surface area contributed by atoms with Gasteiger partial charge in [-0.15, -0.1) is 0 Å². The van der Waals surface area contributed by atoms with Gasteiger partial charge in [-0.05, 0) is 55.5 Å². The summed E-state index contributed by atoms with van der Waals surface area (Å²) in [6.07, 6.45) is 0. The highest BCUT2D eigenvalue weighted by molar-refractivity contribution is 7.86. The van der Waals surface area contributed by atoms with Crippen LogP contribution >= 0.6 is 11.6 Å². The van der Waals surface area contributed by atoms with Crippen LogP contribution in [-0.2, 0) is 11.0 Å². The Kier molecular flexibility index (Phi) is 4.35. The molecule has 0 radical (unpaired) electrons. The minimum absolute atomic E-state index is 0.00498. The predicted octanol–water partition coefficient (Wildman–Crippen LogP) is 3.68. The fourth-order valence-corrected chi connectivity index (χ4v) is 2.47. The minimum Gasteiger partial charge on any atom is -0.301 e. The van der Waals surface area contributed by atoms with Gasteiger partial charge in [0.05, 0.1) is 4.90 Å². The average molecular weight is 294 g/mol. The first-order valence-electron chi connectivity index (χ1n) is 5.61. The van der Waals surface area contributed by atoms with Crippen LogP contribution in [0.5, 0.6) is 0 Å². The van der Waals surface area contributed by atoms with Crippen molar-refractivity contribution in [2.75, 3.05) is 4.72 Å². The second-order valence-corrected chi connectivity index (χ2v) is 5.61. The maximum Gasteiger partial charge on any atom is 0.159 e. The summed E-state index contributed by atoms with van der Waals surface area (Å²) in [7, 11) is -1.35. The number of nitrogens with one attached hydrogen (secondary N) is 1. The van der Waals surface area contributed by atoms with E-state index >= 15 is 0 Å². The number of anilines is 1. The van der Waals surface area contributed by atoms with Crippen LogP contribution in [0.3, 0.4) is 0 Å². The largest absolute Gasteiger partial charge is 0.301 e. The summed E-state index contributed by atoms with van der Waals surface area (Å²) in [5, 5.41) is 0.603. The van der Waals surface area contributed by atoms with E-state index in [4.69, 9.17) is 11.6 Å². The highest BCUT2D eigenvalue weighted by Gasteiger charge is 2.05. The van der Waals surface area contributed by atoms with Gasteiger partial charge in [0, 0.05) is 16.3 Å². The first-order valence-corrected chi connectivity index (χ1v) is 7.14. The number of benzene rings is 2. The van der Waals surface area contributed by atoms with Gasteiger partial charge in [-0.1, -0.05) is 11.6 Å². The van der Waals surface area contributed by atoms with Gasteiger partial charge in [0.1, 0.15) is 11.0 Å². The van der Waals surface area contributed by atoms with Crippen molar-refractivity contribution >= 4 is 34.1 Å². The van der Waals surface area contributed by atoms with Crippen LogP contribution in [0.1, 0.15) is 17.3 Å². The Morgan fingerprint density at radius 1 is 1.05 bits per heavy atom. The molecule has 0 spiro atoms. The van der Waals surface area contributed by atoms with E-state index in [2.05, 4.69) is 4.72 Å². The Morgan fingerprint density at radius 3 is 2.16 bits per heavy atom. The van der Waals surface area contributed by atoms with Gasteiger partial charge in [0.15, 0.2) is 5.78 Å². The molecule has 0 aliphatic rings. The van der Waals surface area contributed by atoms with Crippen molar-refractivity contribution in [1.29, 1.82) is 0 Å². The number of carbonyl (C=O) groups is 1. The van der Waals surface area contributed by atoms with Crippen molar-refractivity contribution in [3.8, 4) is 0 Å². The molecule has 3 nitrogen and oxygen atoms in total. The monoisotopic (exact) mass is 293 g/mol. The van der Waals surface area contributed by atoms with Crippen LogP contribution in [0, 0.1) is 0 Å². The Balaban J connectivity index is 2.10. The van der Waals surface area contributed by atoms with Crippen molar-refractivity contribution in [2.24, 2.45) is 0 Å². The zero-order chi connectivity index (χ0) is 13.8.